The van der Waals surface area contributed by atoms with E-state index in [9.17, 15) is 14.7 Å². The number of carbonyl (C=O) groups is 2. The summed E-state index contributed by atoms with van der Waals surface area (Å²) >= 11 is 0. The van der Waals surface area contributed by atoms with Crippen LogP contribution in [0.15, 0.2) is 24.3 Å². The topological polar surface area (TPSA) is 119 Å². The summed E-state index contributed by atoms with van der Waals surface area (Å²) in [5, 5.41) is 18.6. The third-order valence-electron chi connectivity index (χ3n) is 4.57. The number of benzene rings is 1. The van der Waals surface area contributed by atoms with Crippen LogP contribution >= 0.6 is 0 Å². The second-order valence-corrected chi connectivity index (χ2v) is 10.2. The molecule has 1 rings (SSSR count). The maximum Gasteiger partial charge on any atom is 0.404 e. The summed E-state index contributed by atoms with van der Waals surface area (Å²) in [6, 6.07) is 4.15. The first-order valence-electron chi connectivity index (χ1n) is 11.7. The highest BCUT2D eigenvalue weighted by Gasteiger charge is 2.26. The molecule has 0 bridgehead atoms. The Hall–Kier alpha value is -2.54. The van der Waals surface area contributed by atoms with E-state index in [2.05, 4.69) is 78.5 Å². The van der Waals surface area contributed by atoms with Crippen LogP contribution in [0.5, 0.6) is 5.75 Å². The van der Waals surface area contributed by atoms with Crippen molar-refractivity contribution >= 4 is 12.1 Å². The largest absolute Gasteiger partial charge is 0.507 e. The van der Waals surface area contributed by atoms with Gasteiger partial charge in [-0.05, 0) is 42.2 Å². The molecule has 0 aromatic heterocycles. The Balaban J connectivity index is 0. The van der Waals surface area contributed by atoms with Gasteiger partial charge in [0, 0.05) is 24.2 Å². The molecule has 0 aliphatic heterocycles. The number of aromatic hydroxyl groups is 1. The molecular weight excluding hydrogens is 434 g/mol. The highest BCUT2D eigenvalue weighted by atomic mass is 16.5. The van der Waals surface area contributed by atoms with Gasteiger partial charge in [0.15, 0.2) is 0 Å². The first-order chi connectivity index (χ1) is 15.5. The van der Waals surface area contributed by atoms with E-state index in [4.69, 9.17) is 9.84 Å². The van der Waals surface area contributed by atoms with Crippen LogP contribution in [-0.4, -0.2) is 42.1 Å². The number of hydrogen-bond donors (Lipinski definition) is 3. The van der Waals surface area contributed by atoms with Crippen molar-refractivity contribution in [3.63, 3.8) is 0 Å². The van der Waals surface area contributed by atoms with E-state index in [1.165, 1.54) is 0 Å². The van der Waals surface area contributed by atoms with Crippen molar-refractivity contribution in [2.75, 3.05) is 19.8 Å². The standard InChI is InChI=1S/C15H24O.C8H14O2.C4H9NO3/c1-10-8-9-11(14(2,3)4)13(16)12(10)15(5,6)7;1-4-5-6-10-8(9)7(2)3;5-4(7)8-3-1-2-6/h8-9,16H,1-7H3;2,4-6H2,1,3H3;6H,1-3H2,(H2,5,7). The van der Waals surface area contributed by atoms with Gasteiger partial charge < -0.3 is 25.4 Å². The number of aryl methyl sites for hydroxylation is 1. The number of unbranched alkanes of at least 4 members (excludes halogenated alkanes) is 1. The summed E-state index contributed by atoms with van der Waals surface area (Å²) in [7, 11) is 0. The molecule has 1 aromatic rings. The van der Waals surface area contributed by atoms with Crippen molar-refractivity contribution < 1.29 is 29.3 Å². The minimum Gasteiger partial charge on any atom is -0.507 e. The van der Waals surface area contributed by atoms with Gasteiger partial charge in [-0.15, -0.1) is 0 Å². The maximum absolute atomic E-state index is 10.7. The van der Waals surface area contributed by atoms with Gasteiger partial charge in [0.1, 0.15) is 5.75 Å². The summed E-state index contributed by atoms with van der Waals surface area (Å²) in [6.45, 7) is 22.8. The van der Waals surface area contributed by atoms with Crippen LogP contribution < -0.4 is 5.73 Å². The molecule has 0 aliphatic carbocycles. The predicted octanol–water partition coefficient (Wildman–Crippen LogP) is 5.67. The molecule has 0 radical (unpaired) electrons. The summed E-state index contributed by atoms with van der Waals surface area (Å²) in [5.41, 5.74) is 8.29. The molecule has 0 aliphatic rings. The molecule has 1 amide bonds. The summed E-state index contributed by atoms with van der Waals surface area (Å²) < 4.78 is 9.07. The van der Waals surface area contributed by atoms with Gasteiger partial charge in [0.05, 0.1) is 13.2 Å². The van der Waals surface area contributed by atoms with E-state index in [0.717, 1.165) is 29.5 Å². The van der Waals surface area contributed by atoms with E-state index in [1.807, 2.05) is 6.07 Å². The van der Waals surface area contributed by atoms with Gasteiger partial charge in [0.2, 0.25) is 0 Å². The number of phenols is 1. The molecule has 4 N–H and O–H groups in total. The quantitative estimate of drug-likeness (QED) is 0.262. The Morgan fingerprint density at radius 2 is 1.53 bits per heavy atom. The van der Waals surface area contributed by atoms with Crippen LogP contribution in [0.4, 0.5) is 4.79 Å². The van der Waals surface area contributed by atoms with Crippen molar-refractivity contribution in [1.82, 2.24) is 0 Å². The van der Waals surface area contributed by atoms with E-state index in [1.54, 1.807) is 6.92 Å². The molecule has 0 heterocycles. The molecule has 196 valence electrons. The van der Waals surface area contributed by atoms with Crippen molar-refractivity contribution in [2.45, 2.75) is 92.4 Å². The summed E-state index contributed by atoms with van der Waals surface area (Å²) in [4.78, 5) is 20.5. The lowest BCUT2D eigenvalue weighted by Gasteiger charge is -2.28. The number of aliphatic hydroxyl groups excluding tert-OH is 1. The van der Waals surface area contributed by atoms with Crippen LogP contribution in [0.3, 0.4) is 0 Å². The number of ether oxygens (including phenoxy) is 2. The fourth-order valence-electron chi connectivity index (χ4n) is 2.91. The maximum atomic E-state index is 10.7. The third kappa shape index (κ3) is 14.6. The van der Waals surface area contributed by atoms with Crippen molar-refractivity contribution in [3.05, 3.63) is 41.0 Å². The van der Waals surface area contributed by atoms with E-state index in [-0.39, 0.29) is 30.0 Å². The zero-order valence-corrected chi connectivity index (χ0v) is 22.7. The zero-order valence-electron chi connectivity index (χ0n) is 22.7. The second-order valence-electron chi connectivity index (χ2n) is 10.2. The Morgan fingerprint density at radius 3 is 1.91 bits per heavy atom. The fraction of sp³-hybridized carbons (Fsp3) is 0.630. The smallest absolute Gasteiger partial charge is 0.404 e. The molecule has 0 fully saturated rings. The lowest BCUT2D eigenvalue weighted by Crippen LogP contribution is -2.18. The molecule has 0 spiro atoms. The van der Waals surface area contributed by atoms with E-state index >= 15 is 0 Å². The molecule has 0 saturated heterocycles. The SMILES string of the molecule is C=C(C)C(=O)OCCCC.Cc1ccc(C(C)(C)C)c(O)c1C(C)(C)C.NC(=O)OCCCO. The number of rotatable bonds is 7. The first-order valence-corrected chi connectivity index (χ1v) is 11.7. The number of primary amides is 1. The normalized spacial score (nSPS) is 10.8. The number of esters is 1. The number of aliphatic hydroxyl groups is 1. The van der Waals surface area contributed by atoms with Crippen LogP contribution in [0.1, 0.15) is 91.3 Å². The van der Waals surface area contributed by atoms with Crippen LogP contribution in [-0.2, 0) is 25.1 Å². The molecule has 0 unspecified atom stereocenters. The average Bonchev–Trinajstić information content (AvgIpc) is 2.67. The average molecular weight is 482 g/mol. The highest BCUT2D eigenvalue weighted by Crippen LogP contribution is 2.40. The second kappa shape index (κ2) is 16.1. The summed E-state index contributed by atoms with van der Waals surface area (Å²) in [6.07, 6.45) is 1.63. The highest BCUT2D eigenvalue weighted by molar-refractivity contribution is 5.86. The van der Waals surface area contributed by atoms with Gasteiger partial charge in [0.25, 0.3) is 0 Å². The number of phenolic OH excluding ortho intramolecular Hbond substituents is 1. The number of amides is 1. The Morgan fingerprint density at radius 1 is 1.00 bits per heavy atom. The van der Waals surface area contributed by atoms with E-state index < -0.39 is 6.09 Å². The fourth-order valence-corrected chi connectivity index (χ4v) is 2.91. The van der Waals surface area contributed by atoms with Crippen LogP contribution in [0.2, 0.25) is 0 Å². The molecule has 7 heteroatoms. The molecule has 34 heavy (non-hydrogen) atoms. The van der Waals surface area contributed by atoms with Gasteiger partial charge in [-0.2, -0.15) is 0 Å². The molecule has 0 atom stereocenters. The van der Waals surface area contributed by atoms with E-state index in [0.29, 0.717) is 24.4 Å². The first kappa shape index (κ1) is 33.6. The van der Waals surface area contributed by atoms with Crippen molar-refractivity contribution in [1.29, 1.82) is 0 Å². The van der Waals surface area contributed by atoms with Gasteiger partial charge in [-0.25, -0.2) is 9.59 Å². The predicted molar refractivity (Wildman–Crippen MR) is 138 cm³/mol. The molecule has 1 aromatic carbocycles. The Labute approximate surface area is 206 Å². The Bertz CT molecular complexity index is 773. The molecular formula is C27H47NO6. The molecule has 7 nitrogen and oxygen atoms in total. The number of nitrogens with two attached hydrogens (primary N) is 1. The van der Waals surface area contributed by atoms with Crippen molar-refractivity contribution in [2.24, 2.45) is 5.73 Å². The monoisotopic (exact) mass is 481 g/mol. The number of carbonyl (C=O) groups excluding carboxylic acids is 2. The zero-order chi connectivity index (χ0) is 27.1. The lowest BCUT2D eigenvalue weighted by atomic mass is 9.77. The van der Waals surface area contributed by atoms with Gasteiger partial charge in [-0.3, -0.25) is 0 Å². The summed E-state index contributed by atoms with van der Waals surface area (Å²) in [5.74, 6) is 0.188. The third-order valence-corrected chi connectivity index (χ3v) is 4.57. The minimum absolute atomic E-state index is 0.0161. The minimum atomic E-state index is -0.793. The van der Waals surface area contributed by atoms with Crippen molar-refractivity contribution in [3.8, 4) is 5.75 Å². The Kier molecular flexibility index (Phi) is 16.0. The van der Waals surface area contributed by atoms with Gasteiger partial charge >= 0.3 is 12.1 Å². The van der Waals surface area contributed by atoms with Crippen LogP contribution in [0.25, 0.3) is 0 Å². The van der Waals surface area contributed by atoms with Gasteiger partial charge in [-0.1, -0.05) is 73.6 Å². The lowest BCUT2D eigenvalue weighted by molar-refractivity contribution is -0.139. The molecule has 0 saturated carbocycles. The van der Waals surface area contributed by atoms with Crippen LogP contribution in [0, 0.1) is 6.92 Å². The number of hydrogen-bond acceptors (Lipinski definition) is 6.